The number of benzene rings is 2. The van der Waals surface area contributed by atoms with E-state index in [0.29, 0.717) is 44.3 Å². The van der Waals surface area contributed by atoms with Crippen molar-refractivity contribution in [3.63, 3.8) is 0 Å². The van der Waals surface area contributed by atoms with Gasteiger partial charge in [-0.25, -0.2) is 4.79 Å². The van der Waals surface area contributed by atoms with E-state index >= 15 is 0 Å². The largest absolute Gasteiger partial charge is 0.444 e. The van der Waals surface area contributed by atoms with Gasteiger partial charge in [-0.3, -0.25) is 9.59 Å². The Morgan fingerprint density at radius 1 is 1.00 bits per heavy atom. The van der Waals surface area contributed by atoms with Gasteiger partial charge in [-0.15, -0.1) is 0 Å². The van der Waals surface area contributed by atoms with Crippen LogP contribution in [-0.2, 0) is 20.8 Å². The first-order chi connectivity index (χ1) is 22.4. The number of ether oxygens (including phenoxy) is 2. The fraction of sp³-hybridized carbons (Fsp3) is 0.553. The Kier molecular flexibility index (Phi) is 11.0. The minimum atomic E-state index is -0.619. The Labute approximate surface area is 279 Å². The number of likely N-dealkylation sites (tertiary alicyclic amines) is 1. The molecule has 1 N–H and O–H groups in total. The molecule has 9 nitrogen and oxygen atoms in total. The Hall–Kier alpha value is -3.85. The lowest BCUT2D eigenvalue weighted by atomic mass is 9.91. The van der Waals surface area contributed by atoms with Crippen LogP contribution in [0.25, 0.3) is 10.9 Å². The highest BCUT2D eigenvalue weighted by molar-refractivity contribution is 5.98. The first-order valence-electron chi connectivity index (χ1n) is 17.1. The SMILES string of the molecule is COCCCn1ccc2ccc(C(=O)N(C[C@@H]3CN(C(=O)OC(C)(C)C)C[C@H]3CNC(=O)C(c3ccccc3)C3CC3)C(C)C)cc21. The lowest BCUT2D eigenvalue weighted by molar-refractivity contribution is -0.123. The second-order valence-electron chi connectivity index (χ2n) is 14.6. The molecule has 1 aromatic heterocycles. The molecule has 1 aliphatic carbocycles. The number of hydrogen-bond acceptors (Lipinski definition) is 5. The topological polar surface area (TPSA) is 93.1 Å². The molecule has 47 heavy (non-hydrogen) atoms. The van der Waals surface area contributed by atoms with Crippen molar-refractivity contribution in [1.82, 2.24) is 19.7 Å². The number of fused-ring (bicyclic) bond motifs is 1. The maximum atomic E-state index is 14.1. The van der Waals surface area contributed by atoms with Gasteiger partial charge in [0.1, 0.15) is 5.60 Å². The van der Waals surface area contributed by atoms with Crippen LogP contribution < -0.4 is 5.32 Å². The molecule has 1 aliphatic heterocycles. The summed E-state index contributed by atoms with van der Waals surface area (Å²) < 4.78 is 13.1. The van der Waals surface area contributed by atoms with Gasteiger partial charge in [0, 0.05) is 81.6 Å². The predicted octanol–water partition coefficient (Wildman–Crippen LogP) is 6.32. The molecule has 3 aromatic rings. The summed E-state index contributed by atoms with van der Waals surface area (Å²) in [4.78, 5) is 44.6. The van der Waals surface area contributed by atoms with E-state index in [1.807, 2.05) is 88.0 Å². The number of carbonyl (C=O) groups is 3. The Morgan fingerprint density at radius 2 is 1.72 bits per heavy atom. The number of rotatable bonds is 13. The predicted molar refractivity (Wildman–Crippen MR) is 184 cm³/mol. The summed E-state index contributed by atoms with van der Waals surface area (Å²) in [6.45, 7) is 12.9. The molecule has 9 heteroatoms. The molecule has 0 radical (unpaired) electrons. The third-order valence-electron chi connectivity index (χ3n) is 9.38. The van der Waals surface area contributed by atoms with E-state index in [0.717, 1.165) is 42.3 Å². The summed E-state index contributed by atoms with van der Waals surface area (Å²) in [6.07, 6.45) is 4.69. The van der Waals surface area contributed by atoms with Crippen LogP contribution in [0.15, 0.2) is 60.8 Å². The summed E-state index contributed by atoms with van der Waals surface area (Å²) in [7, 11) is 1.70. The van der Waals surface area contributed by atoms with Crippen LogP contribution in [0.4, 0.5) is 4.79 Å². The summed E-state index contributed by atoms with van der Waals surface area (Å²) in [5.41, 5.74) is 2.09. The third-order valence-corrected chi connectivity index (χ3v) is 9.38. The molecule has 1 unspecified atom stereocenters. The van der Waals surface area contributed by atoms with Gasteiger partial charge in [-0.05, 0) is 88.9 Å². The van der Waals surface area contributed by atoms with Crippen LogP contribution in [0.2, 0.25) is 0 Å². The van der Waals surface area contributed by atoms with Crippen LogP contribution in [0.1, 0.15) is 75.7 Å². The Balaban J connectivity index is 1.33. The Bertz CT molecular complexity index is 1520. The van der Waals surface area contributed by atoms with Gasteiger partial charge in [0.05, 0.1) is 5.92 Å². The average Bonchev–Trinajstić information content (AvgIpc) is 3.64. The van der Waals surface area contributed by atoms with Gasteiger partial charge in [0.15, 0.2) is 0 Å². The maximum absolute atomic E-state index is 14.1. The fourth-order valence-electron chi connectivity index (χ4n) is 6.76. The minimum absolute atomic E-state index is 0.0309. The van der Waals surface area contributed by atoms with E-state index in [4.69, 9.17) is 9.47 Å². The number of hydrogen-bond donors (Lipinski definition) is 1. The lowest BCUT2D eigenvalue weighted by Gasteiger charge is -2.32. The van der Waals surface area contributed by atoms with E-state index in [-0.39, 0.29) is 41.7 Å². The number of aromatic nitrogens is 1. The quantitative estimate of drug-likeness (QED) is 0.220. The smallest absolute Gasteiger partial charge is 0.410 e. The molecule has 1 saturated heterocycles. The van der Waals surface area contributed by atoms with E-state index in [1.54, 1.807) is 12.0 Å². The van der Waals surface area contributed by atoms with Crippen LogP contribution in [0.3, 0.4) is 0 Å². The first kappa shape index (κ1) is 34.5. The van der Waals surface area contributed by atoms with Gasteiger partial charge < -0.3 is 29.2 Å². The maximum Gasteiger partial charge on any atom is 0.410 e. The second-order valence-corrected chi connectivity index (χ2v) is 14.6. The van der Waals surface area contributed by atoms with Crippen molar-refractivity contribution in [2.24, 2.45) is 17.8 Å². The number of nitrogens with one attached hydrogen (secondary N) is 1. The zero-order valence-electron chi connectivity index (χ0n) is 28.9. The van der Waals surface area contributed by atoms with E-state index in [9.17, 15) is 14.4 Å². The van der Waals surface area contributed by atoms with Gasteiger partial charge >= 0.3 is 6.09 Å². The molecule has 1 saturated carbocycles. The summed E-state index contributed by atoms with van der Waals surface area (Å²) in [5, 5.41) is 4.35. The van der Waals surface area contributed by atoms with Gasteiger partial charge in [0.25, 0.3) is 5.91 Å². The second kappa shape index (κ2) is 14.9. The number of aryl methyl sites for hydroxylation is 1. The molecule has 2 aromatic carbocycles. The molecule has 2 heterocycles. The van der Waals surface area contributed by atoms with Crippen molar-refractivity contribution in [2.75, 3.05) is 39.9 Å². The van der Waals surface area contributed by atoms with Crippen molar-refractivity contribution in [3.8, 4) is 0 Å². The van der Waals surface area contributed by atoms with Gasteiger partial charge in [-0.2, -0.15) is 0 Å². The molecular formula is C38H52N4O5. The summed E-state index contributed by atoms with van der Waals surface area (Å²) in [5.74, 6) is 0.121. The third kappa shape index (κ3) is 8.74. The fourth-order valence-corrected chi connectivity index (χ4v) is 6.76. The molecule has 2 fully saturated rings. The highest BCUT2D eigenvalue weighted by atomic mass is 16.6. The first-order valence-corrected chi connectivity index (χ1v) is 17.1. The summed E-state index contributed by atoms with van der Waals surface area (Å²) >= 11 is 0. The van der Waals surface area contributed by atoms with Crippen LogP contribution in [0, 0.1) is 17.8 Å². The Morgan fingerprint density at radius 3 is 2.38 bits per heavy atom. The van der Waals surface area contributed by atoms with Crippen molar-refractivity contribution in [3.05, 3.63) is 71.9 Å². The van der Waals surface area contributed by atoms with E-state index < -0.39 is 5.60 Å². The van der Waals surface area contributed by atoms with Crippen molar-refractivity contribution in [2.45, 2.75) is 78.0 Å². The standard InChI is InChI=1S/C38H52N4O5/c1-26(2)42(36(44)30-16-13-27-17-19-40(33(27)21-30)18-10-20-46-6)25-32-24-41(37(45)47-38(3,4)5)23-31(32)22-39-35(43)34(29-14-15-29)28-11-8-7-9-12-28/h7-9,11-13,16-17,19,21,26,29,31-32,34H,10,14-15,18,20,22-25H2,1-6H3,(H,39,43)/t31-,32+,34?/m1/s1. The molecule has 3 atom stereocenters. The molecule has 2 aliphatic rings. The zero-order chi connectivity index (χ0) is 33.7. The van der Waals surface area contributed by atoms with Crippen molar-refractivity contribution >= 4 is 28.8 Å². The van der Waals surface area contributed by atoms with Gasteiger partial charge in [-0.1, -0.05) is 36.4 Å². The summed E-state index contributed by atoms with van der Waals surface area (Å²) in [6, 6.07) is 17.9. The highest BCUT2D eigenvalue weighted by Crippen LogP contribution is 2.42. The number of carbonyl (C=O) groups excluding carboxylic acids is 3. The van der Waals surface area contributed by atoms with E-state index in [2.05, 4.69) is 22.1 Å². The van der Waals surface area contributed by atoms with Crippen molar-refractivity contribution in [1.29, 1.82) is 0 Å². The number of amides is 3. The van der Waals surface area contributed by atoms with Gasteiger partial charge in [0.2, 0.25) is 5.91 Å². The minimum Gasteiger partial charge on any atom is -0.444 e. The highest BCUT2D eigenvalue weighted by Gasteiger charge is 2.41. The molecule has 0 bridgehead atoms. The molecular weight excluding hydrogens is 592 g/mol. The van der Waals surface area contributed by atoms with Crippen LogP contribution in [-0.4, -0.2) is 83.8 Å². The normalized spacial score (nSPS) is 18.8. The lowest BCUT2D eigenvalue weighted by Crippen LogP contribution is -2.44. The average molecular weight is 645 g/mol. The molecule has 5 rings (SSSR count). The number of nitrogens with zero attached hydrogens (tertiary/aromatic N) is 3. The van der Waals surface area contributed by atoms with Crippen molar-refractivity contribution < 1.29 is 23.9 Å². The monoisotopic (exact) mass is 644 g/mol. The molecule has 3 amide bonds. The van der Waals surface area contributed by atoms with E-state index in [1.165, 1.54) is 0 Å². The molecule has 254 valence electrons. The number of methoxy groups -OCH3 is 1. The van der Waals surface area contributed by atoms with Crippen LogP contribution >= 0.6 is 0 Å². The van der Waals surface area contributed by atoms with Crippen LogP contribution in [0.5, 0.6) is 0 Å². The zero-order valence-corrected chi connectivity index (χ0v) is 28.9. The molecule has 0 spiro atoms.